The summed E-state index contributed by atoms with van der Waals surface area (Å²) in [6.07, 6.45) is 15.0. The predicted octanol–water partition coefficient (Wildman–Crippen LogP) is 8.26. The second kappa shape index (κ2) is 9.41. The van der Waals surface area contributed by atoms with Crippen molar-refractivity contribution in [2.75, 3.05) is 6.61 Å². The third kappa shape index (κ3) is 3.79. The molecule has 0 aliphatic heterocycles. The topological polar surface area (TPSA) is 59.4 Å². The molecule has 10 atom stereocenters. The molecule has 0 amide bonds. The molecule has 0 saturated heterocycles. The normalized spacial score (nSPS) is 47.3. The first-order valence-electron chi connectivity index (χ1n) is 16.2. The molecule has 5 fully saturated rings. The molecule has 4 nitrogen and oxygen atoms in total. The molecule has 0 aromatic carbocycles. The number of hydrogen-bond acceptors (Lipinski definition) is 4. The molecule has 1 heterocycles. The number of allylic oxidation sites excluding steroid dienone is 1. The molecule has 5 saturated carbocycles. The maximum atomic E-state index is 13.0. The zero-order valence-corrected chi connectivity index (χ0v) is 26.0. The highest BCUT2D eigenvalue weighted by Gasteiger charge is 2.71. The largest absolute Gasteiger partial charge is 0.461 e. The lowest BCUT2D eigenvalue weighted by atomic mass is 9.32. The van der Waals surface area contributed by atoms with E-state index in [0.29, 0.717) is 52.6 Å². The molecule has 5 aliphatic rings. The Labute approximate surface area is 242 Å². The van der Waals surface area contributed by atoms with Crippen molar-refractivity contribution in [1.29, 1.82) is 0 Å². The van der Waals surface area contributed by atoms with Gasteiger partial charge in [0.2, 0.25) is 0 Å². The molecule has 6 rings (SSSR count). The summed E-state index contributed by atoms with van der Waals surface area (Å²) in [5.41, 5.74) is 2.75. The Morgan fingerprint density at radius 2 is 1.75 bits per heavy atom. The number of aromatic nitrogens is 1. The van der Waals surface area contributed by atoms with Crippen LogP contribution in [0.15, 0.2) is 36.7 Å². The number of esters is 1. The highest BCUT2D eigenvalue weighted by atomic mass is 16.5. The minimum atomic E-state index is -0.239. The molecule has 5 aliphatic carbocycles. The smallest absolute Gasteiger partial charge is 0.339 e. The van der Waals surface area contributed by atoms with E-state index in [-0.39, 0.29) is 28.3 Å². The van der Waals surface area contributed by atoms with E-state index < -0.39 is 0 Å². The van der Waals surface area contributed by atoms with Crippen LogP contribution in [0.25, 0.3) is 0 Å². The third-order valence-electron chi connectivity index (χ3n) is 14.6. The van der Waals surface area contributed by atoms with E-state index in [9.17, 15) is 9.90 Å². The second-order valence-corrected chi connectivity index (χ2v) is 16.2. The van der Waals surface area contributed by atoms with Gasteiger partial charge in [-0.05, 0) is 135 Å². The molecule has 0 radical (unpaired) electrons. The molecule has 40 heavy (non-hydrogen) atoms. The van der Waals surface area contributed by atoms with Gasteiger partial charge < -0.3 is 9.84 Å². The van der Waals surface area contributed by atoms with Gasteiger partial charge in [0.05, 0.1) is 18.3 Å². The van der Waals surface area contributed by atoms with Gasteiger partial charge in [0, 0.05) is 17.8 Å². The van der Waals surface area contributed by atoms with Crippen LogP contribution >= 0.6 is 0 Å². The summed E-state index contributed by atoms with van der Waals surface area (Å²) in [6.45, 7) is 19.9. The van der Waals surface area contributed by atoms with Gasteiger partial charge in [-0.3, -0.25) is 4.98 Å². The number of aliphatic hydroxyl groups excluding tert-OH is 1. The van der Waals surface area contributed by atoms with E-state index in [2.05, 4.69) is 53.1 Å². The first-order chi connectivity index (χ1) is 18.8. The number of carbonyl (C=O) groups excluding carboxylic acids is 1. The van der Waals surface area contributed by atoms with Crippen LogP contribution in [0, 0.1) is 56.7 Å². The maximum absolute atomic E-state index is 13.0. The van der Waals surface area contributed by atoms with Crippen molar-refractivity contribution in [3.63, 3.8) is 0 Å². The van der Waals surface area contributed by atoms with Crippen molar-refractivity contribution < 1.29 is 14.6 Å². The lowest BCUT2D eigenvalue weighted by Gasteiger charge is -2.73. The molecule has 220 valence electrons. The summed E-state index contributed by atoms with van der Waals surface area (Å²) in [7, 11) is 0. The lowest BCUT2D eigenvalue weighted by Crippen LogP contribution is -2.66. The Balaban J connectivity index is 1.32. The van der Waals surface area contributed by atoms with Crippen LogP contribution in [0.1, 0.15) is 116 Å². The molecule has 0 bridgehead atoms. The number of fused-ring (bicyclic) bond motifs is 7. The van der Waals surface area contributed by atoms with Gasteiger partial charge in [-0.15, -0.1) is 0 Å². The van der Waals surface area contributed by atoms with E-state index in [4.69, 9.17) is 4.74 Å². The Morgan fingerprint density at radius 1 is 0.975 bits per heavy atom. The van der Waals surface area contributed by atoms with Crippen molar-refractivity contribution in [1.82, 2.24) is 4.98 Å². The van der Waals surface area contributed by atoms with Gasteiger partial charge >= 0.3 is 5.97 Å². The number of ether oxygens (including phenoxy) is 1. The van der Waals surface area contributed by atoms with Crippen molar-refractivity contribution in [3.8, 4) is 0 Å². The van der Waals surface area contributed by atoms with Crippen LogP contribution in [0.4, 0.5) is 0 Å². The van der Waals surface area contributed by atoms with Crippen LogP contribution in [-0.2, 0) is 4.74 Å². The molecule has 5 unspecified atom stereocenters. The van der Waals surface area contributed by atoms with Crippen LogP contribution in [0.5, 0.6) is 0 Å². The summed E-state index contributed by atoms with van der Waals surface area (Å²) < 4.78 is 6.13. The van der Waals surface area contributed by atoms with Crippen molar-refractivity contribution in [2.24, 2.45) is 56.7 Å². The van der Waals surface area contributed by atoms with E-state index in [1.165, 1.54) is 44.1 Å². The number of rotatable bonds is 4. The fourth-order valence-corrected chi connectivity index (χ4v) is 12.3. The van der Waals surface area contributed by atoms with Gasteiger partial charge in [0.15, 0.2) is 0 Å². The molecule has 1 aromatic heterocycles. The summed E-state index contributed by atoms with van der Waals surface area (Å²) in [5.74, 6) is 2.72. The average Bonchev–Trinajstić information content (AvgIpc) is 3.31. The average molecular weight is 548 g/mol. The number of hydrogen-bond donors (Lipinski definition) is 1. The number of nitrogens with zero attached hydrogens (tertiary/aromatic N) is 1. The number of carbonyl (C=O) groups is 1. The number of pyridine rings is 1. The van der Waals surface area contributed by atoms with E-state index in [1.807, 2.05) is 0 Å². The van der Waals surface area contributed by atoms with Gasteiger partial charge in [-0.25, -0.2) is 4.79 Å². The van der Waals surface area contributed by atoms with Crippen molar-refractivity contribution in [3.05, 3.63) is 42.2 Å². The molecular weight excluding hydrogens is 494 g/mol. The molecule has 4 heteroatoms. The Bertz CT molecular complexity index is 1160. The molecule has 0 spiro atoms. The summed E-state index contributed by atoms with van der Waals surface area (Å²) in [5, 5.41) is 11.0. The minimum absolute atomic E-state index is 0.0115. The Morgan fingerprint density at radius 3 is 2.45 bits per heavy atom. The Hall–Kier alpha value is -1.68. The van der Waals surface area contributed by atoms with E-state index in [0.717, 1.165) is 25.7 Å². The zero-order valence-electron chi connectivity index (χ0n) is 26.0. The van der Waals surface area contributed by atoms with Gasteiger partial charge in [0.25, 0.3) is 0 Å². The second-order valence-electron chi connectivity index (χ2n) is 16.2. The fourth-order valence-electron chi connectivity index (χ4n) is 12.3. The van der Waals surface area contributed by atoms with Crippen molar-refractivity contribution in [2.45, 2.75) is 112 Å². The van der Waals surface area contributed by atoms with Gasteiger partial charge in [-0.1, -0.05) is 46.8 Å². The van der Waals surface area contributed by atoms with Crippen LogP contribution in [-0.4, -0.2) is 28.8 Å². The molecule has 1 N–H and O–H groups in total. The summed E-state index contributed by atoms with van der Waals surface area (Å²) >= 11 is 0. The van der Waals surface area contributed by atoms with Crippen LogP contribution < -0.4 is 0 Å². The van der Waals surface area contributed by atoms with Crippen LogP contribution in [0.3, 0.4) is 0 Å². The highest BCUT2D eigenvalue weighted by Crippen LogP contribution is 2.77. The molecule has 1 aromatic rings. The standard InChI is InChI=1S/C36H53NO3/c1-23(2)25-12-17-36(22-40-31(39)24-9-8-20-37-21-24)19-18-34(6)26(30(25)36)10-11-28-33(5)15-14-29(38)32(3,4)27(33)13-16-35(28,34)7/h8-9,20-21,25-30,38H,1,10-19,22H2,2-7H3/t25?,26?,27?,28?,29-,30?,33-,34+,35+,36+/m0/s1. The lowest BCUT2D eigenvalue weighted by molar-refractivity contribution is -0.249. The summed E-state index contributed by atoms with van der Waals surface area (Å²) in [6, 6.07) is 3.61. The predicted molar refractivity (Wildman–Crippen MR) is 159 cm³/mol. The first kappa shape index (κ1) is 28.4. The highest BCUT2D eigenvalue weighted by molar-refractivity contribution is 5.88. The first-order valence-corrected chi connectivity index (χ1v) is 16.2. The number of aliphatic hydroxyl groups is 1. The summed E-state index contributed by atoms with van der Waals surface area (Å²) in [4.78, 5) is 17.2. The van der Waals surface area contributed by atoms with E-state index in [1.54, 1.807) is 24.5 Å². The fraction of sp³-hybridized carbons (Fsp3) is 0.778. The van der Waals surface area contributed by atoms with Crippen molar-refractivity contribution >= 4 is 5.97 Å². The van der Waals surface area contributed by atoms with Gasteiger partial charge in [-0.2, -0.15) is 0 Å². The van der Waals surface area contributed by atoms with Gasteiger partial charge in [0.1, 0.15) is 0 Å². The third-order valence-corrected chi connectivity index (χ3v) is 14.6. The monoisotopic (exact) mass is 547 g/mol. The Kier molecular flexibility index (Phi) is 6.69. The van der Waals surface area contributed by atoms with E-state index >= 15 is 0 Å². The minimum Gasteiger partial charge on any atom is -0.461 e. The quantitative estimate of drug-likeness (QED) is 0.304. The maximum Gasteiger partial charge on any atom is 0.339 e. The zero-order chi connectivity index (χ0) is 28.7. The van der Waals surface area contributed by atoms with Crippen LogP contribution in [0.2, 0.25) is 0 Å². The SMILES string of the molecule is C=C(C)C1CC[C@]2(COC(=O)c3cccnc3)CC[C@]3(C)C(CCC4[C@@]5(C)CC[C@H](O)C(C)(C)C5CC[C@]43C)C12. The molecular formula is C36H53NO3.